The third kappa shape index (κ3) is 10.8. The van der Waals surface area contributed by atoms with Crippen LogP contribution in [0, 0.1) is 5.41 Å². The highest BCUT2D eigenvalue weighted by Gasteiger charge is 2.39. The van der Waals surface area contributed by atoms with Crippen LogP contribution in [0.25, 0.3) is 0 Å². The third-order valence-electron chi connectivity index (χ3n) is 7.14. The highest BCUT2D eigenvalue weighted by molar-refractivity contribution is 7.89. The van der Waals surface area contributed by atoms with Crippen LogP contribution in [-0.4, -0.2) is 96.1 Å². The van der Waals surface area contributed by atoms with E-state index in [1.165, 1.54) is 36.3 Å². The summed E-state index contributed by atoms with van der Waals surface area (Å²) >= 11 is 0. The van der Waals surface area contributed by atoms with Gasteiger partial charge >= 0.3 is 0 Å². The van der Waals surface area contributed by atoms with Gasteiger partial charge < -0.3 is 35.5 Å². The molecule has 246 valence electrons. The number of methoxy groups -OCH3 is 2. The van der Waals surface area contributed by atoms with E-state index in [0.717, 1.165) is 5.56 Å². The number of ether oxygens (including phenoxy) is 3. The number of hydrogen-bond donors (Lipinski definition) is 5. The summed E-state index contributed by atoms with van der Waals surface area (Å²) in [5.74, 6) is -1.21. The Hall–Kier alpha value is -4.05. The highest BCUT2D eigenvalue weighted by atomic mass is 32.2. The number of nitrogens with one attached hydrogen (secondary N) is 4. The number of carbonyl (C=O) groups excluding carboxylic acids is 3. The fourth-order valence-corrected chi connectivity index (χ4v) is 5.90. The van der Waals surface area contributed by atoms with E-state index in [4.69, 9.17) is 25.4 Å². The third-order valence-corrected chi connectivity index (χ3v) is 8.63. The summed E-state index contributed by atoms with van der Waals surface area (Å²) in [5.41, 5.74) is 6.82. The van der Waals surface area contributed by atoms with Gasteiger partial charge in [-0.2, -0.15) is 4.72 Å². The summed E-state index contributed by atoms with van der Waals surface area (Å²) in [4.78, 5) is 41.1. The van der Waals surface area contributed by atoms with Crippen molar-refractivity contribution in [2.24, 2.45) is 5.73 Å². The van der Waals surface area contributed by atoms with E-state index in [1.807, 2.05) is 0 Å². The monoisotopic (exact) mass is 646 g/mol. The SMILES string of the molecule is COCCOCCCNC(=O)C[C@H](NS(=O)(=O)c1ccc(OC)cc1)C(=O)N1CCC[C@@H]1C(=O)NCc1ccc(C(=N)N)cc1. The molecular weight excluding hydrogens is 604 g/mol. The molecule has 3 rings (SSSR count). The number of hydrogen-bond acceptors (Lipinski definition) is 9. The van der Waals surface area contributed by atoms with E-state index in [9.17, 15) is 22.8 Å². The maximum atomic E-state index is 13.8. The molecule has 0 aromatic heterocycles. The molecule has 1 fully saturated rings. The topological polar surface area (TPSA) is 202 Å². The zero-order valence-electron chi connectivity index (χ0n) is 25.5. The summed E-state index contributed by atoms with van der Waals surface area (Å²) in [6.45, 7) is 1.94. The minimum atomic E-state index is -4.23. The molecule has 45 heavy (non-hydrogen) atoms. The number of nitrogen functional groups attached to an aromatic ring is 1. The predicted molar refractivity (Wildman–Crippen MR) is 166 cm³/mol. The minimum absolute atomic E-state index is 0.0662. The average molecular weight is 647 g/mol. The molecular formula is C30H42N6O8S. The maximum Gasteiger partial charge on any atom is 0.243 e. The fraction of sp³-hybridized carbons (Fsp3) is 0.467. The van der Waals surface area contributed by atoms with Crippen molar-refractivity contribution in [2.75, 3.05) is 47.1 Å². The first kappa shape index (κ1) is 35.4. The summed E-state index contributed by atoms with van der Waals surface area (Å²) in [5, 5.41) is 13.0. The quantitative estimate of drug-likeness (QED) is 0.0868. The van der Waals surface area contributed by atoms with E-state index in [2.05, 4.69) is 15.4 Å². The van der Waals surface area contributed by atoms with Crippen LogP contribution in [-0.2, 0) is 40.4 Å². The van der Waals surface area contributed by atoms with E-state index in [1.54, 1.807) is 31.4 Å². The highest BCUT2D eigenvalue weighted by Crippen LogP contribution is 2.21. The molecule has 15 heteroatoms. The van der Waals surface area contributed by atoms with Crippen molar-refractivity contribution in [3.8, 4) is 5.75 Å². The molecule has 2 aromatic rings. The lowest BCUT2D eigenvalue weighted by Gasteiger charge is -2.28. The Labute approximate surface area is 263 Å². The average Bonchev–Trinajstić information content (AvgIpc) is 3.53. The van der Waals surface area contributed by atoms with Crippen LogP contribution in [0.4, 0.5) is 0 Å². The van der Waals surface area contributed by atoms with E-state index >= 15 is 0 Å². The zero-order chi connectivity index (χ0) is 32.8. The number of amides is 3. The Morgan fingerprint density at radius 2 is 1.73 bits per heavy atom. The van der Waals surface area contributed by atoms with Crippen molar-refractivity contribution in [2.45, 2.75) is 49.2 Å². The van der Waals surface area contributed by atoms with Gasteiger partial charge in [-0.05, 0) is 49.1 Å². The first-order valence-electron chi connectivity index (χ1n) is 14.6. The number of rotatable bonds is 18. The van der Waals surface area contributed by atoms with Crippen LogP contribution in [0.15, 0.2) is 53.4 Å². The fourth-order valence-electron chi connectivity index (χ4n) is 4.71. The van der Waals surface area contributed by atoms with Gasteiger partial charge in [0.2, 0.25) is 27.7 Å². The largest absolute Gasteiger partial charge is 0.497 e. The number of amidine groups is 1. The molecule has 1 aliphatic heterocycles. The van der Waals surface area contributed by atoms with Crippen LogP contribution in [0.5, 0.6) is 5.75 Å². The molecule has 0 spiro atoms. The molecule has 0 aliphatic carbocycles. The van der Waals surface area contributed by atoms with Crippen LogP contribution < -0.4 is 25.8 Å². The molecule has 0 bridgehead atoms. The summed E-state index contributed by atoms with van der Waals surface area (Å²) in [6, 6.07) is 10.1. The molecule has 2 aromatic carbocycles. The number of carbonyl (C=O) groups is 3. The number of benzene rings is 2. The summed E-state index contributed by atoms with van der Waals surface area (Å²) in [6.07, 6.45) is 0.960. The Morgan fingerprint density at radius 3 is 2.38 bits per heavy atom. The van der Waals surface area contributed by atoms with E-state index in [0.29, 0.717) is 50.4 Å². The van der Waals surface area contributed by atoms with Crippen LogP contribution in [0.1, 0.15) is 36.8 Å². The second-order valence-corrected chi connectivity index (χ2v) is 12.1. The molecule has 0 saturated carbocycles. The standard InChI is InChI=1S/C30H42N6O8S/c1-42-17-18-44-16-4-14-33-27(37)19-25(35-45(40,41)24-12-10-23(43-2)11-13-24)30(39)36-15-3-5-26(36)29(38)34-20-21-6-8-22(9-7-21)28(31)32/h6-13,25-26,35H,3-5,14-20H2,1-2H3,(H3,31,32)(H,33,37)(H,34,38)/t25-,26+/m0/s1. The number of sulfonamides is 1. The maximum absolute atomic E-state index is 13.8. The molecule has 1 aliphatic rings. The van der Waals surface area contributed by atoms with Gasteiger partial charge in [-0.3, -0.25) is 19.8 Å². The second kappa shape index (κ2) is 17.4. The normalized spacial score (nSPS) is 15.3. The predicted octanol–water partition coefficient (Wildman–Crippen LogP) is 0.493. The van der Waals surface area contributed by atoms with Crippen molar-refractivity contribution >= 4 is 33.6 Å². The van der Waals surface area contributed by atoms with Gasteiger partial charge in [0.25, 0.3) is 0 Å². The van der Waals surface area contributed by atoms with Crippen molar-refractivity contribution in [1.82, 2.24) is 20.3 Å². The number of nitrogens with zero attached hydrogens (tertiary/aromatic N) is 1. The Bertz CT molecular complexity index is 1400. The molecule has 0 radical (unpaired) electrons. The van der Waals surface area contributed by atoms with Gasteiger partial charge in [-0.15, -0.1) is 0 Å². The van der Waals surface area contributed by atoms with Crippen molar-refractivity contribution in [3.63, 3.8) is 0 Å². The molecule has 3 amide bonds. The lowest BCUT2D eigenvalue weighted by atomic mass is 10.1. The first-order valence-corrected chi connectivity index (χ1v) is 16.0. The van der Waals surface area contributed by atoms with E-state index in [-0.39, 0.29) is 30.4 Å². The van der Waals surface area contributed by atoms with Crippen LogP contribution in [0.3, 0.4) is 0 Å². The van der Waals surface area contributed by atoms with Crippen LogP contribution >= 0.6 is 0 Å². The number of nitrogens with two attached hydrogens (primary N) is 1. The molecule has 2 atom stereocenters. The Balaban J connectivity index is 1.70. The minimum Gasteiger partial charge on any atom is -0.497 e. The Morgan fingerprint density at radius 1 is 1.02 bits per heavy atom. The lowest BCUT2D eigenvalue weighted by molar-refractivity contribution is -0.140. The molecule has 0 unspecified atom stereocenters. The smallest absolute Gasteiger partial charge is 0.243 e. The lowest BCUT2D eigenvalue weighted by Crippen LogP contribution is -2.54. The van der Waals surface area contributed by atoms with Gasteiger partial charge in [0.1, 0.15) is 23.7 Å². The summed E-state index contributed by atoms with van der Waals surface area (Å²) in [7, 11) is -1.21. The van der Waals surface area contributed by atoms with E-state index < -0.39 is 46.2 Å². The molecule has 14 nitrogen and oxygen atoms in total. The molecule has 1 saturated heterocycles. The van der Waals surface area contributed by atoms with Crippen molar-refractivity contribution in [3.05, 3.63) is 59.7 Å². The van der Waals surface area contributed by atoms with Gasteiger partial charge in [0.05, 0.1) is 31.6 Å². The molecule has 6 N–H and O–H groups in total. The summed E-state index contributed by atoms with van der Waals surface area (Å²) < 4.78 is 44.4. The van der Waals surface area contributed by atoms with Crippen molar-refractivity contribution in [1.29, 1.82) is 5.41 Å². The second-order valence-electron chi connectivity index (χ2n) is 10.4. The van der Waals surface area contributed by atoms with Gasteiger partial charge in [0, 0.05) is 38.9 Å². The van der Waals surface area contributed by atoms with Gasteiger partial charge in [-0.1, -0.05) is 24.3 Å². The first-order chi connectivity index (χ1) is 21.6. The Kier molecular flexibility index (Phi) is 13.7. The van der Waals surface area contributed by atoms with Gasteiger partial charge in [-0.25, -0.2) is 8.42 Å². The van der Waals surface area contributed by atoms with Crippen molar-refractivity contribution < 1.29 is 37.0 Å². The number of likely N-dealkylation sites (tertiary alicyclic amines) is 1. The zero-order valence-corrected chi connectivity index (χ0v) is 26.4. The van der Waals surface area contributed by atoms with Gasteiger partial charge in [0.15, 0.2) is 0 Å². The van der Waals surface area contributed by atoms with Crippen LogP contribution in [0.2, 0.25) is 0 Å². The molecule has 1 heterocycles.